The third-order valence-corrected chi connectivity index (χ3v) is 3.31. The van der Waals surface area contributed by atoms with Gasteiger partial charge in [-0.2, -0.15) is 0 Å². The number of aliphatic imine (C=N–C) groups is 1. The smallest absolute Gasteiger partial charge is 0.191 e. The first-order valence-corrected chi connectivity index (χ1v) is 7.65. The second-order valence-corrected chi connectivity index (χ2v) is 5.75. The zero-order chi connectivity index (χ0) is 15.8. The van der Waals surface area contributed by atoms with Gasteiger partial charge in [0, 0.05) is 39.1 Å². The Hall–Kier alpha value is -2.30. The van der Waals surface area contributed by atoms with E-state index >= 15 is 0 Å². The van der Waals surface area contributed by atoms with Crippen molar-refractivity contribution < 1.29 is 0 Å². The minimum Gasteiger partial charge on any atom is -0.356 e. The minimum atomic E-state index is 0.598. The molecule has 1 aromatic carbocycles. The first-order chi connectivity index (χ1) is 10.7. The van der Waals surface area contributed by atoms with Crippen LogP contribution in [0, 0.1) is 5.92 Å². The summed E-state index contributed by atoms with van der Waals surface area (Å²) in [6.07, 6.45) is 5.60. The van der Waals surface area contributed by atoms with Crippen LogP contribution in [0.5, 0.6) is 0 Å². The Morgan fingerprint density at radius 2 is 1.91 bits per heavy atom. The van der Waals surface area contributed by atoms with E-state index in [1.54, 1.807) is 13.2 Å². The highest BCUT2D eigenvalue weighted by atomic mass is 15.2. The summed E-state index contributed by atoms with van der Waals surface area (Å²) in [7, 11) is 1.80. The molecule has 22 heavy (non-hydrogen) atoms. The van der Waals surface area contributed by atoms with E-state index in [1.807, 2.05) is 12.5 Å². The molecule has 2 rings (SSSR count). The monoisotopic (exact) mass is 299 g/mol. The highest BCUT2D eigenvalue weighted by molar-refractivity contribution is 5.79. The second kappa shape index (κ2) is 8.22. The lowest BCUT2D eigenvalue weighted by Gasteiger charge is -2.13. The molecule has 1 heterocycles. The van der Waals surface area contributed by atoms with Crippen LogP contribution in [-0.2, 0) is 13.1 Å². The number of hydrogen-bond donors (Lipinski definition) is 2. The topological polar surface area (TPSA) is 54.2 Å². The van der Waals surface area contributed by atoms with Crippen molar-refractivity contribution >= 4 is 5.96 Å². The molecule has 0 amide bonds. The van der Waals surface area contributed by atoms with E-state index in [0.29, 0.717) is 5.92 Å². The van der Waals surface area contributed by atoms with Crippen molar-refractivity contribution in [2.45, 2.75) is 26.9 Å². The van der Waals surface area contributed by atoms with E-state index in [9.17, 15) is 0 Å². The van der Waals surface area contributed by atoms with Gasteiger partial charge < -0.3 is 15.2 Å². The van der Waals surface area contributed by atoms with Crippen molar-refractivity contribution in [2.24, 2.45) is 10.9 Å². The van der Waals surface area contributed by atoms with Crippen molar-refractivity contribution in [1.82, 2.24) is 20.2 Å². The van der Waals surface area contributed by atoms with E-state index in [2.05, 4.69) is 63.3 Å². The lowest BCUT2D eigenvalue weighted by molar-refractivity contribution is 0.614. The molecule has 0 spiro atoms. The Kier molecular flexibility index (Phi) is 6.01. The molecule has 2 N–H and O–H groups in total. The van der Waals surface area contributed by atoms with E-state index < -0.39 is 0 Å². The Morgan fingerprint density at radius 3 is 2.50 bits per heavy atom. The molecule has 0 radical (unpaired) electrons. The van der Waals surface area contributed by atoms with Crippen LogP contribution in [0.25, 0.3) is 0 Å². The molecular formula is C17H25N5. The average molecular weight is 299 g/mol. The van der Waals surface area contributed by atoms with Crippen molar-refractivity contribution in [3.8, 4) is 0 Å². The Labute approximate surface area is 132 Å². The fourth-order valence-corrected chi connectivity index (χ4v) is 2.06. The van der Waals surface area contributed by atoms with Gasteiger partial charge in [-0.05, 0) is 17.0 Å². The van der Waals surface area contributed by atoms with Gasteiger partial charge in [-0.3, -0.25) is 4.99 Å². The molecule has 0 atom stereocenters. The number of aromatic nitrogens is 2. The van der Waals surface area contributed by atoms with Crippen LogP contribution in [0.3, 0.4) is 0 Å². The van der Waals surface area contributed by atoms with Crippen LogP contribution in [-0.4, -0.2) is 29.1 Å². The maximum atomic E-state index is 4.23. The first-order valence-electron chi connectivity index (χ1n) is 7.65. The zero-order valence-corrected chi connectivity index (χ0v) is 13.6. The molecule has 0 unspecified atom stereocenters. The predicted octanol–water partition coefficient (Wildman–Crippen LogP) is 2.25. The van der Waals surface area contributed by atoms with Gasteiger partial charge in [0.05, 0.1) is 6.33 Å². The predicted molar refractivity (Wildman–Crippen MR) is 90.8 cm³/mol. The van der Waals surface area contributed by atoms with Gasteiger partial charge in [0.25, 0.3) is 0 Å². The fourth-order valence-electron chi connectivity index (χ4n) is 2.06. The van der Waals surface area contributed by atoms with Crippen molar-refractivity contribution in [3.05, 3.63) is 54.1 Å². The number of benzene rings is 1. The second-order valence-electron chi connectivity index (χ2n) is 5.75. The number of imidazole rings is 1. The molecule has 118 valence electrons. The van der Waals surface area contributed by atoms with Crippen molar-refractivity contribution in [2.75, 3.05) is 13.6 Å². The molecule has 1 aromatic heterocycles. The summed E-state index contributed by atoms with van der Waals surface area (Å²) in [5.74, 6) is 1.44. The summed E-state index contributed by atoms with van der Waals surface area (Å²) < 4.78 is 2.06. The maximum absolute atomic E-state index is 4.23. The summed E-state index contributed by atoms with van der Waals surface area (Å²) in [6, 6.07) is 8.60. The van der Waals surface area contributed by atoms with Gasteiger partial charge in [0.2, 0.25) is 0 Å². The van der Waals surface area contributed by atoms with Gasteiger partial charge in [-0.15, -0.1) is 0 Å². The number of nitrogens with zero attached hydrogens (tertiary/aromatic N) is 3. The Balaban J connectivity index is 1.83. The fraction of sp³-hybridized carbons (Fsp3) is 0.412. The van der Waals surface area contributed by atoms with Crippen molar-refractivity contribution in [3.63, 3.8) is 0 Å². The van der Waals surface area contributed by atoms with Crippen LogP contribution in [0.15, 0.2) is 48.0 Å². The minimum absolute atomic E-state index is 0.598. The third-order valence-electron chi connectivity index (χ3n) is 3.31. The standard InChI is InChI=1S/C17H25N5/c1-14(2)10-20-17(18-3)21-11-15-4-6-16(7-5-15)12-22-9-8-19-13-22/h4-9,13-14H,10-12H2,1-3H3,(H2,18,20,21). The number of hydrogen-bond acceptors (Lipinski definition) is 2. The van der Waals surface area contributed by atoms with Crippen LogP contribution in [0.1, 0.15) is 25.0 Å². The van der Waals surface area contributed by atoms with Gasteiger partial charge in [-0.25, -0.2) is 4.98 Å². The highest BCUT2D eigenvalue weighted by Gasteiger charge is 2.00. The van der Waals surface area contributed by atoms with Gasteiger partial charge in [0.1, 0.15) is 0 Å². The quantitative estimate of drug-likeness (QED) is 0.635. The first kappa shape index (κ1) is 16.1. The van der Waals surface area contributed by atoms with E-state index in [0.717, 1.165) is 25.6 Å². The van der Waals surface area contributed by atoms with Gasteiger partial charge >= 0.3 is 0 Å². The van der Waals surface area contributed by atoms with Gasteiger partial charge in [-0.1, -0.05) is 38.1 Å². The van der Waals surface area contributed by atoms with E-state index in [-0.39, 0.29) is 0 Å². The Bertz CT molecular complexity index is 570. The Morgan fingerprint density at radius 1 is 1.18 bits per heavy atom. The summed E-state index contributed by atoms with van der Waals surface area (Å²) >= 11 is 0. The highest BCUT2D eigenvalue weighted by Crippen LogP contribution is 2.06. The molecule has 2 aromatic rings. The summed E-state index contributed by atoms with van der Waals surface area (Å²) in [5, 5.41) is 6.64. The van der Waals surface area contributed by atoms with Crippen molar-refractivity contribution in [1.29, 1.82) is 0 Å². The molecule has 0 fully saturated rings. The summed E-state index contributed by atoms with van der Waals surface area (Å²) in [4.78, 5) is 8.28. The van der Waals surface area contributed by atoms with Crippen LogP contribution in [0.2, 0.25) is 0 Å². The molecule has 0 saturated carbocycles. The molecule has 0 aliphatic rings. The number of rotatable bonds is 6. The molecule has 5 heteroatoms. The van der Waals surface area contributed by atoms with E-state index in [1.165, 1.54) is 11.1 Å². The average Bonchev–Trinajstić information content (AvgIpc) is 3.02. The lowest BCUT2D eigenvalue weighted by atomic mass is 10.1. The molecule has 0 aliphatic heterocycles. The normalized spacial score (nSPS) is 11.7. The molecule has 0 aliphatic carbocycles. The third kappa shape index (κ3) is 5.24. The van der Waals surface area contributed by atoms with E-state index in [4.69, 9.17) is 0 Å². The summed E-state index contributed by atoms with van der Waals surface area (Å²) in [5.41, 5.74) is 2.51. The molecular weight excluding hydrogens is 274 g/mol. The molecule has 0 saturated heterocycles. The molecule has 0 bridgehead atoms. The SMILES string of the molecule is CN=C(NCc1ccc(Cn2ccnc2)cc1)NCC(C)C. The summed E-state index contributed by atoms with van der Waals surface area (Å²) in [6.45, 7) is 6.90. The van der Waals surface area contributed by atoms with Crippen LogP contribution >= 0.6 is 0 Å². The number of nitrogens with one attached hydrogen (secondary N) is 2. The maximum Gasteiger partial charge on any atom is 0.191 e. The lowest BCUT2D eigenvalue weighted by Crippen LogP contribution is -2.38. The zero-order valence-electron chi connectivity index (χ0n) is 13.6. The largest absolute Gasteiger partial charge is 0.356 e. The molecule has 5 nitrogen and oxygen atoms in total. The van der Waals surface area contributed by atoms with Crippen LogP contribution < -0.4 is 10.6 Å². The van der Waals surface area contributed by atoms with Gasteiger partial charge in [0.15, 0.2) is 5.96 Å². The van der Waals surface area contributed by atoms with Crippen LogP contribution in [0.4, 0.5) is 0 Å². The number of guanidine groups is 1.